The van der Waals surface area contributed by atoms with Crippen molar-refractivity contribution in [2.24, 2.45) is 0 Å². The molecule has 0 saturated carbocycles. The minimum Gasteiger partial charge on any atom is -0.480 e. The van der Waals surface area contributed by atoms with Gasteiger partial charge in [-0.2, -0.15) is 25.3 Å². The molecule has 0 bridgehead atoms. The van der Waals surface area contributed by atoms with Crippen molar-refractivity contribution in [3.63, 3.8) is 0 Å². The molecule has 6 nitrogen and oxygen atoms in total. The summed E-state index contributed by atoms with van der Waals surface area (Å²) < 4.78 is -1.44. The zero-order valence-corrected chi connectivity index (χ0v) is 14.0. The largest absolute Gasteiger partial charge is 0.480 e. The Morgan fingerprint density at radius 2 is 1.15 bits per heavy atom. The normalized spacial score (nSPS) is 15.7. The van der Waals surface area contributed by atoms with Crippen LogP contribution in [0.4, 0.5) is 0 Å². The second-order valence-corrected chi connectivity index (χ2v) is 8.06. The zero-order valence-electron chi connectivity index (χ0n) is 12.2. The molecule has 0 aromatic heterocycles. The van der Waals surface area contributed by atoms with Gasteiger partial charge in [-0.3, -0.25) is 9.59 Å². The molecule has 0 aliphatic carbocycles. The first-order chi connectivity index (χ1) is 8.87. The molecule has 8 heteroatoms. The van der Waals surface area contributed by atoms with E-state index in [1.165, 1.54) is 0 Å². The van der Waals surface area contributed by atoms with Gasteiger partial charge in [-0.15, -0.1) is 0 Å². The lowest BCUT2D eigenvalue weighted by molar-refractivity contribution is -0.141. The van der Waals surface area contributed by atoms with Gasteiger partial charge in [0.2, 0.25) is 0 Å². The fourth-order valence-corrected chi connectivity index (χ4v) is 2.11. The molecule has 2 unspecified atom stereocenters. The predicted molar refractivity (Wildman–Crippen MR) is 85.0 cm³/mol. The van der Waals surface area contributed by atoms with E-state index in [1.54, 1.807) is 27.7 Å². The molecular formula is C12H24N2O4S2. The Kier molecular flexibility index (Phi) is 7.37. The molecule has 0 radical (unpaired) electrons. The van der Waals surface area contributed by atoms with E-state index in [9.17, 15) is 9.59 Å². The van der Waals surface area contributed by atoms with Crippen molar-refractivity contribution in [1.29, 1.82) is 0 Å². The zero-order chi connectivity index (χ0) is 16.1. The monoisotopic (exact) mass is 324 g/mol. The van der Waals surface area contributed by atoms with Gasteiger partial charge in [-0.25, -0.2) is 0 Å². The number of carboxylic acids is 2. The van der Waals surface area contributed by atoms with E-state index in [1.807, 2.05) is 0 Å². The molecule has 20 heavy (non-hydrogen) atoms. The number of hydrogen-bond acceptors (Lipinski definition) is 6. The van der Waals surface area contributed by atoms with Gasteiger partial charge in [-0.1, -0.05) is 0 Å². The Hall–Kier alpha value is -0.440. The number of nitrogens with one attached hydrogen (secondary N) is 2. The van der Waals surface area contributed by atoms with E-state index in [0.717, 1.165) is 0 Å². The van der Waals surface area contributed by atoms with Crippen LogP contribution in [0.5, 0.6) is 0 Å². The standard InChI is InChI=1S/C12H24N2O4S2/c1-11(2,19)7(9(15)16)13-5-6-14-8(10(17)18)12(3,4)20/h7-8,13-14,19-20H,5-6H2,1-4H3,(H,15,16)(H,17,18). The quantitative estimate of drug-likeness (QED) is 0.273. The van der Waals surface area contributed by atoms with Crippen LogP contribution in [0.3, 0.4) is 0 Å². The number of carboxylic acid groups (broad SMARTS) is 2. The molecule has 0 aromatic carbocycles. The van der Waals surface area contributed by atoms with Crippen LogP contribution < -0.4 is 10.6 Å². The van der Waals surface area contributed by atoms with Crippen molar-refractivity contribution < 1.29 is 19.8 Å². The Balaban J connectivity index is 4.37. The third-order valence-corrected chi connectivity index (χ3v) is 3.25. The highest BCUT2D eigenvalue weighted by atomic mass is 32.1. The van der Waals surface area contributed by atoms with Crippen molar-refractivity contribution in [1.82, 2.24) is 10.6 Å². The van der Waals surface area contributed by atoms with Crippen LogP contribution in [0.15, 0.2) is 0 Å². The molecule has 0 spiro atoms. The number of carbonyl (C=O) groups is 2. The molecule has 0 saturated heterocycles. The number of thiol groups is 2. The van der Waals surface area contributed by atoms with E-state index in [2.05, 4.69) is 35.9 Å². The SMILES string of the molecule is CC(C)(S)C(NCCNC(C(=O)O)C(C)(C)S)C(=O)O. The lowest BCUT2D eigenvalue weighted by Gasteiger charge is -2.29. The van der Waals surface area contributed by atoms with E-state index in [4.69, 9.17) is 10.2 Å². The summed E-state index contributed by atoms with van der Waals surface area (Å²) >= 11 is 8.48. The maximum absolute atomic E-state index is 11.1. The average molecular weight is 324 g/mol. The maximum atomic E-state index is 11.1. The van der Waals surface area contributed by atoms with Crippen molar-refractivity contribution in [2.45, 2.75) is 49.3 Å². The molecule has 0 fully saturated rings. The van der Waals surface area contributed by atoms with Gasteiger partial charge in [0.05, 0.1) is 0 Å². The highest BCUT2D eigenvalue weighted by Crippen LogP contribution is 2.18. The number of aliphatic carboxylic acids is 2. The summed E-state index contributed by atoms with van der Waals surface area (Å²) in [5, 5.41) is 23.9. The van der Waals surface area contributed by atoms with E-state index < -0.39 is 33.5 Å². The van der Waals surface area contributed by atoms with Crippen LogP contribution >= 0.6 is 25.3 Å². The first-order valence-corrected chi connectivity index (χ1v) is 7.14. The summed E-state index contributed by atoms with van der Waals surface area (Å²) in [5.41, 5.74) is 0. The summed E-state index contributed by atoms with van der Waals surface area (Å²) in [5.74, 6) is -1.98. The van der Waals surface area contributed by atoms with E-state index in [0.29, 0.717) is 13.1 Å². The molecule has 0 rings (SSSR count). The van der Waals surface area contributed by atoms with Crippen LogP contribution in [0, 0.1) is 0 Å². The van der Waals surface area contributed by atoms with Crippen molar-refractivity contribution in [2.75, 3.05) is 13.1 Å². The second-order valence-electron chi connectivity index (χ2n) is 5.76. The Morgan fingerprint density at radius 1 is 0.900 bits per heavy atom. The van der Waals surface area contributed by atoms with Crippen molar-refractivity contribution in [3.8, 4) is 0 Å². The van der Waals surface area contributed by atoms with Crippen molar-refractivity contribution >= 4 is 37.2 Å². The minimum absolute atomic E-state index is 0.314. The molecular weight excluding hydrogens is 300 g/mol. The van der Waals surface area contributed by atoms with Crippen LogP contribution in [0.25, 0.3) is 0 Å². The highest BCUT2D eigenvalue weighted by molar-refractivity contribution is 7.82. The smallest absolute Gasteiger partial charge is 0.322 e. The molecule has 0 aromatic rings. The summed E-state index contributed by atoms with van der Waals surface area (Å²) in [6.07, 6.45) is 0. The molecule has 4 N–H and O–H groups in total. The molecule has 118 valence electrons. The number of rotatable bonds is 9. The highest BCUT2D eigenvalue weighted by Gasteiger charge is 2.33. The molecule has 0 heterocycles. The van der Waals surface area contributed by atoms with Crippen LogP contribution in [0.2, 0.25) is 0 Å². The first kappa shape index (κ1) is 19.6. The lowest BCUT2D eigenvalue weighted by Crippen LogP contribution is -2.54. The third kappa shape index (κ3) is 6.83. The Bertz CT molecular complexity index is 316. The van der Waals surface area contributed by atoms with E-state index >= 15 is 0 Å². The average Bonchev–Trinajstić information content (AvgIpc) is 2.17. The topological polar surface area (TPSA) is 98.7 Å². The lowest BCUT2D eigenvalue weighted by atomic mass is 10.0. The van der Waals surface area contributed by atoms with Gasteiger partial charge >= 0.3 is 11.9 Å². The predicted octanol–water partition coefficient (Wildman–Crippen LogP) is 0.489. The third-order valence-electron chi connectivity index (χ3n) is 2.73. The van der Waals surface area contributed by atoms with Crippen LogP contribution in [0.1, 0.15) is 27.7 Å². The van der Waals surface area contributed by atoms with Gasteiger partial charge in [0.15, 0.2) is 0 Å². The summed E-state index contributed by atoms with van der Waals surface area (Å²) in [6, 6.07) is -1.64. The van der Waals surface area contributed by atoms with Gasteiger partial charge in [0, 0.05) is 22.6 Å². The van der Waals surface area contributed by atoms with Gasteiger partial charge < -0.3 is 20.8 Å². The van der Waals surface area contributed by atoms with Crippen LogP contribution in [-0.2, 0) is 9.59 Å². The number of hydrogen-bond donors (Lipinski definition) is 6. The Morgan fingerprint density at radius 3 is 1.30 bits per heavy atom. The second kappa shape index (κ2) is 7.53. The molecule has 0 aliphatic rings. The fraction of sp³-hybridized carbons (Fsp3) is 0.833. The summed E-state index contributed by atoms with van der Waals surface area (Å²) in [7, 11) is 0. The van der Waals surface area contributed by atoms with Gasteiger partial charge in [-0.05, 0) is 27.7 Å². The van der Waals surface area contributed by atoms with Crippen molar-refractivity contribution in [3.05, 3.63) is 0 Å². The maximum Gasteiger partial charge on any atom is 0.322 e. The summed E-state index contributed by atoms with van der Waals surface area (Å²) in [6.45, 7) is 7.43. The van der Waals surface area contributed by atoms with E-state index in [-0.39, 0.29) is 0 Å². The molecule has 0 amide bonds. The summed E-state index contributed by atoms with van der Waals surface area (Å²) in [4.78, 5) is 22.2. The minimum atomic E-state index is -0.991. The van der Waals surface area contributed by atoms with Gasteiger partial charge in [0.1, 0.15) is 12.1 Å². The molecule has 2 atom stereocenters. The Labute approximate surface area is 130 Å². The fourth-order valence-electron chi connectivity index (χ4n) is 1.71. The van der Waals surface area contributed by atoms with Gasteiger partial charge in [0.25, 0.3) is 0 Å². The molecule has 0 aliphatic heterocycles. The van der Waals surface area contributed by atoms with Crippen LogP contribution in [-0.4, -0.2) is 56.8 Å². The first-order valence-electron chi connectivity index (χ1n) is 6.24.